The SMILES string of the molecule is CN=C(NCCCCC(=O)OC)NC1CCN(c2ncccc2Cl)C1. The van der Waals surface area contributed by atoms with Crippen LogP contribution in [-0.4, -0.2) is 56.7 Å². The van der Waals surface area contributed by atoms with Crippen molar-refractivity contribution in [3.8, 4) is 0 Å². The molecule has 1 aromatic heterocycles. The number of aromatic nitrogens is 1. The number of methoxy groups -OCH3 is 1. The Labute approximate surface area is 153 Å². The molecule has 0 radical (unpaired) electrons. The van der Waals surface area contributed by atoms with Crippen LogP contribution in [0, 0.1) is 0 Å². The van der Waals surface area contributed by atoms with Crippen LogP contribution in [0.25, 0.3) is 0 Å². The molecule has 2 rings (SSSR count). The number of aliphatic imine (C=N–C) groups is 1. The lowest BCUT2D eigenvalue weighted by molar-refractivity contribution is -0.140. The highest BCUT2D eigenvalue weighted by Gasteiger charge is 2.25. The smallest absolute Gasteiger partial charge is 0.305 e. The normalized spacial score (nSPS) is 17.5. The minimum absolute atomic E-state index is 0.165. The van der Waals surface area contributed by atoms with Gasteiger partial charge < -0.3 is 20.3 Å². The molecule has 1 fully saturated rings. The quantitative estimate of drug-likeness (QED) is 0.331. The van der Waals surface area contributed by atoms with E-state index in [1.54, 1.807) is 13.2 Å². The second-order valence-corrected chi connectivity index (χ2v) is 6.32. The van der Waals surface area contributed by atoms with E-state index in [-0.39, 0.29) is 5.97 Å². The van der Waals surface area contributed by atoms with Gasteiger partial charge in [0.15, 0.2) is 5.96 Å². The van der Waals surface area contributed by atoms with Crippen molar-refractivity contribution in [2.45, 2.75) is 31.7 Å². The third kappa shape index (κ3) is 6.08. The molecule has 0 aliphatic carbocycles. The Morgan fingerprint density at radius 3 is 3.08 bits per heavy atom. The van der Waals surface area contributed by atoms with Crippen LogP contribution < -0.4 is 15.5 Å². The van der Waals surface area contributed by atoms with Crippen molar-refractivity contribution < 1.29 is 9.53 Å². The summed E-state index contributed by atoms with van der Waals surface area (Å²) in [6.45, 7) is 2.50. The third-order valence-electron chi connectivity index (χ3n) is 4.12. The Balaban J connectivity index is 1.72. The molecule has 25 heavy (non-hydrogen) atoms. The van der Waals surface area contributed by atoms with Gasteiger partial charge in [-0.15, -0.1) is 0 Å². The van der Waals surface area contributed by atoms with Crippen LogP contribution in [0.5, 0.6) is 0 Å². The minimum atomic E-state index is -0.165. The molecule has 1 unspecified atom stereocenters. The molecular formula is C17H26ClN5O2. The van der Waals surface area contributed by atoms with E-state index in [0.717, 1.165) is 50.7 Å². The standard InChI is InChI=1S/C17H26ClN5O2/c1-19-17(21-9-4-3-7-15(24)25-2)22-13-8-11-23(12-13)16-14(18)6-5-10-20-16/h5-6,10,13H,3-4,7-9,11-12H2,1-2H3,(H2,19,21,22). The maximum atomic E-state index is 11.1. The van der Waals surface area contributed by atoms with Crippen LogP contribution in [0.1, 0.15) is 25.7 Å². The lowest BCUT2D eigenvalue weighted by atomic mass is 10.2. The monoisotopic (exact) mass is 367 g/mol. The fraction of sp³-hybridized carbons (Fsp3) is 0.588. The number of nitrogens with zero attached hydrogens (tertiary/aromatic N) is 3. The predicted octanol–water partition coefficient (Wildman–Crippen LogP) is 1.82. The summed E-state index contributed by atoms with van der Waals surface area (Å²) in [6, 6.07) is 3.99. The third-order valence-corrected chi connectivity index (χ3v) is 4.41. The highest BCUT2D eigenvalue weighted by atomic mass is 35.5. The molecule has 0 spiro atoms. The minimum Gasteiger partial charge on any atom is -0.469 e. The first kappa shape index (κ1) is 19.3. The fourth-order valence-corrected chi connectivity index (χ4v) is 3.01. The van der Waals surface area contributed by atoms with Gasteiger partial charge in [0.2, 0.25) is 0 Å². The van der Waals surface area contributed by atoms with Gasteiger partial charge in [0.1, 0.15) is 5.82 Å². The summed E-state index contributed by atoms with van der Waals surface area (Å²) in [7, 11) is 3.17. The zero-order valence-electron chi connectivity index (χ0n) is 14.8. The second-order valence-electron chi connectivity index (χ2n) is 5.92. The van der Waals surface area contributed by atoms with Crippen molar-refractivity contribution in [2.75, 3.05) is 38.7 Å². The van der Waals surface area contributed by atoms with E-state index in [4.69, 9.17) is 11.6 Å². The van der Waals surface area contributed by atoms with Crippen molar-refractivity contribution in [3.63, 3.8) is 0 Å². The number of hydrogen-bond donors (Lipinski definition) is 2. The summed E-state index contributed by atoms with van der Waals surface area (Å²) in [4.78, 5) is 21.9. The fourth-order valence-electron chi connectivity index (χ4n) is 2.77. The molecule has 1 aliphatic rings. The molecule has 2 heterocycles. The van der Waals surface area contributed by atoms with Gasteiger partial charge in [-0.1, -0.05) is 11.6 Å². The number of halogens is 1. The van der Waals surface area contributed by atoms with Crippen LogP contribution >= 0.6 is 11.6 Å². The molecule has 2 N–H and O–H groups in total. The van der Waals surface area contributed by atoms with Crippen LogP contribution in [0.3, 0.4) is 0 Å². The Bertz CT molecular complexity index is 596. The number of nitrogens with one attached hydrogen (secondary N) is 2. The average Bonchev–Trinajstić information content (AvgIpc) is 3.08. The van der Waals surface area contributed by atoms with Crippen LogP contribution in [0.4, 0.5) is 5.82 Å². The first-order valence-corrected chi connectivity index (χ1v) is 8.91. The molecule has 0 saturated carbocycles. The first-order valence-electron chi connectivity index (χ1n) is 8.53. The van der Waals surface area contributed by atoms with Crippen LogP contribution in [0.15, 0.2) is 23.3 Å². The number of esters is 1. The maximum absolute atomic E-state index is 11.1. The number of ether oxygens (including phenoxy) is 1. The molecule has 1 saturated heterocycles. The van der Waals surface area contributed by atoms with Gasteiger partial charge in [-0.05, 0) is 31.4 Å². The molecule has 0 aromatic carbocycles. The number of carbonyl (C=O) groups excluding carboxylic acids is 1. The highest BCUT2D eigenvalue weighted by Crippen LogP contribution is 2.25. The molecule has 1 aliphatic heterocycles. The molecule has 0 amide bonds. The predicted molar refractivity (Wildman–Crippen MR) is 100 cm³/mol. The average molecular weight is 368 g/mol. The van der Waals surface area contributed by atoms with Crippen molar-refractivity contribution in [2.24, 2.45) is 4.99 Å². The van der Waals surface area contributed by atoms with E-state index < -0.39 is 0 Å². The van der Waals surface area contributed by atoms with E-state index in [1.165, 1.54) is 7.11 Å². The van der Waals surface area contributed by atoms with Crippen molar-refractivity contribution in [3.05, 3.63) is 23.4 Å². The van der Waals surface area contributed by atoms with Crippen LogP contribution in [0.2, 0.25) is 5.02 Å². The highest BCUT2D eigenvalue weighted by molar-refractivity contribution is 6.32. The number of guanidine groups is 1. The van der Waals surface area contributed by atoms with E-state index in [0.29, 0.717) is 17.5 Å². The lowest BCUT2D eigenvalue weighted by Crippen LogP contribution is -2.44. The maximum Gasteiger partial charge on any atom is 0.305 e. The zero-order chi connectivity index (χ0) is 18.1. The molecule has 138 valence electrons. The number of anilines is 1. The van der Waals surface area contributed by atoms with Crippen molar-refractivity contribution in [1.29, 1.82) is 0 Å². The number of pyridine rings is 1. The van der Waals surface area contributed by atoms with Crippen LogP contribution in [-0.2, 0) is 9.53 Å². The number of unbranched alkanes of at least 4 members (excludes halogenated alkanes) is 1. The van der Waals surface area contributed by atoms with E-state index in [9.17, 15) is 4.79 Å². The summed E-state index contributed by atoms with van der Waals surface area (Å²) in [6.07, 6.45) is 4.89. The van der Waals surface area contributed by atoms with Gasteiger partial charge in [0, 0.05) is 45.3 Å². The first-order chi connectivity index (χ1) is 12.1. The summed E-state index contributed by atoms with van der Waals surface area (Å²) in [5, 5.41) is 7.39. The molecule has 8 heteroatoms. The summed E-state index contributed by atoms with van der Waals surface area (Å²) >= 11 is 6.22. The van der Waals surface area contributed by atoms with Gasteiger partial charge in [-0.3, -0.25) is 9.79 Å². The summed E-state index contributed by atoms with van der Waals surface area (Å²) in [5.41, 5.74) is 0. The van der Waals surface area contributed by atoms with Gasteiger partial charge in [-0.2, -0.15) is 0 Å². The van der Waals surface area contributed by atoms with E-state index in [2.05, 4.69) is 30.2 Å². The Kier molecular flexibility index (Phi) is 7.78. The second kappa shape index (κ2) is 10.1. The van der Waals surface area contributed by atoms with Crippen molar-refractivity contribution >= 4 is 29.3 Å². The van der Waals surface area contributed by atoms with E-state index in [1.807, 2.05) is 12.1 Å². The van der Waals surface area contributed by atoms with Gasteiger partial charge in [0.05, 0.1) is 12.1 Å². The Hall–Kier alpha value is -2.02. The molecule has 0 bridgehead atoms. The molecule has 1 atom stereocenters. The summed E-state index contributed by atoms with van der Waals surface area (Å²) in [5.74, 6) is 1.44. The molecular weight excluding hydrogens is 342 g/mol. The molecule has 7 nitrogen and oxygen atoms in total. The van der Waals surface area contributed by atoms with Crippen molar-refractivity contribution in [1.82, 2.24) is 15.6 Å². The number of hydrogen-bond acceptors (Lipinski definition) is 5. The lowest BCUT2D eigenvalue weighted by Gasteiger charge is -2.20. The zero-order valence-corrected chi connectivity index (χ0v) is 15.6. The number of carbonyl (C=O) groups is 1. The topological polar surface area (TPSA) is 78.8 Å². The largest absolute Gasteiger partial charge is 0.469 e. The van der Waals surface area contributed by atoms with Gasteiger partial charge in [0.25, 0.3) is 0 Å². The van der Waals surface area contributed by atoms with E-state index >= 15 is 0 Å². The molecule has 1 aromatic rings. The summed E-state index contributed by atoms with van der Waals surface area (Å²) < 4.78 is 4.63. The Morgan fingerprint density at radius 2 is 2.36 bits per heavy atom. The number of rotatable bonds is 7. The Morgan fingerprint density at radius 1 is 1.52 bits per heavy atom. The van der Waals surface area contributed by atoms with Gasteiger partial charge in [-0.25, -0.2) is 4.98 Å². The van der Waals surface area contributed by atoms with Gasteiger partial charge >= 0.3 is 5.97 Å².